The van der Waals surface area contributed by atoms with Crippen LogP contribution in [0.15, 0.2) is 47.8 Å². The van der Waals surface area contributed by atoms with Gasteiger partial charge < -0.3 is 9.47 Å². The number of benzene rings is 2. The van der Waals surface area contributed by atoms with Crippen LogP contribution in [0.4, 0.5) is 9.52 Å². The van der Waals surface area contributed by atoms with Crippen LogP contribution < -0.4 is 14.8 Å². The number of para-hydroxylation sites is 1. The molecular weight excluding hydrogens is 371 g/mol. The number of thiazole rings is 1. The van der Waals surface area contributed by atoms with Crippen LogP contribution in [-0.4, -0.2) is 23.5 Å². The van der Waals surface area contributed by atoms with E-state index in [4.69, 9.17) is 9.47 Å². The summed E-state index contributed by atoms with van der Waals surface area (Å²) in [5.74, 6) is -0.348. The number of ether oxygens (including phenoxy) is 2. The number of aromatic nitrogens is 1. The van der Waals surface area contributed by atoms with E-state index < -0.39 is 5.91 Å². The highest BCUT2D eigenvalue weighted by molar-refractivity contribution is 7.14. The molecule has 27 heavy (non-hydrogen) atoms. The van der Waals surface area contributed by atoms with Crippen molar-refractivity contribution in [2.24, 2.45) is 0 Å². The van der Waals surface area contributed by atoms with Crippen LogP contribution in [0.5, 0.6) is 11.5 Å². The number of anilines is 1. The summed E-state index contributed by atoms with van der Waals surface area (Å²) < 4.78 is 23.6. The molecule has 0 radical (unpaired) electrons. The molecule has 3 aromatic rings. The normalized spacial score (nSPS) is 12.4. The van der Waals surface area contributed by atoms with Gasteiger partial charge in [0.1, 0.15) is 5.82 Å². The Morgan fingerprint density at radius 2 is 2.07 bits per heavy atom. The van der Waals surface area contributed by atoms with Gasteiger partial charge in [-0.05, 0) is 30.3 Å². The molecule has 0 saturated heterocycles. The SMILES string of the molecule is O=C(COc1cccc2c1OC(=O)C2)Nc1nc(-c2ccc(F)cc2)cs1. The van der Waals surface area contributed by atoms with E-state index >= 15 is 0 Å². The second-order valence-electron chi connectivity index (χ2n) is 5.78. The van der Waals surface area contributed by atoms with Gasteiger partial charge in [0.25, 0.3) is 5.91 Å². The minimum Gasteiger partial charge on any atom is -0.480 e. The highest BCUT2D eigenvalue weighted by atomic mass is 32.1. The third-order valence-corrected chi connectivity index (χ3v) is 4.62. The number of hydrogen-bond donors (Lipinski definition) is 1. The summed E-state index contributed by atoms with van der Waals surface area (Å²) in [5.41, 5.74) is 2.14. The van der Waals surface area contributed by atoms with Crippen molar-refractivity contribution in [3.05, 3.63) is 59.2 Å². The molecule has 1 aromatic heterocycles. The third-order valence-electron chi connectivity index (χ3n) is 3.86. The largest absolute Gasteiger partial charge is 0.480 e. The summed E-state index contributed by atoms with van der Waals surface area (Å²) in [6.45, 7) is -0.251. The maximum atomic E-state index is 13.0. The first-order valence-electron chi connectivity index (χ1n) is 8.05. The minimum absolute atomic E-state index is 0.198. The lowest BCUT2D eigenvalue weighted by atomic mass is 10.1. The van der Waals surface area contributed by atoms with E-state index in [1.54, 1.807) is 35.7 Å². The summed E-state index contributed by atoms with van der Waals surface area (Å²) in [6, 6.07) is 11.1. The van der Waals surface area contributed by atoms with Gasteiger partial charge in [-0.1, -0.05) is 12.1 Å². The Hall–Kier alpha value is -3.26. The highest BCUT2D eigenvalue weighted by Gasteiger charge is 2.24. The molecule has 8 heteroatoms. The number of nitrogens with one attached hydrogen (secondary N) is 1. The van der Waals surface area contributed by atoms with Crippen LogP contribution in [-0.2, 0) is 16.0 Å². The highest BCUT2D eigenvalue weighted by Crippen LogP contribution is 2.35. The van der Waals surface area contributed by atoms with Crippen LogP contribution in [0.3, 0.4) is 0 Å². The van der Waals surface area contributed by atoms with Crippen molar-refractivity contribution in [2.75, 3.05) is 11.9 Å². The standard InChI is InChI=1S/C19H13FN2O4S/c20-13-6-4-11(5-7-13)14-10-27-19(21-14)22-16(23)9-25-15-3-1-2-12-8-17(24)26-18(12)15/h1-7,10H,8-9H2,(H,21,22,23). The summed E-state index contributed by atoms with van der Waals surface area (Å²) in [7, 11) is 0. The summed E-state index contributed by atoms with van der Waals surface area (Å²) in [4.78, 5) is 27.8. The van der Waals surface area contributed by atoms with Crippen molar-refractivity contribution in [2.45, 2.75) is 6.42 Å². The number of hydrogen-bond acceptors (Lipinski definition) is 6. The van der Waals surface area contributed by atoms with Gasteiger partial charge in [0.15, 0.2) is 23.2 Å². The predicted octanol–water partition coefficient (Wildman–Crippen LogP) is 3.43. The fourth-order valence-electron chi connectivity index (χ4n) is 2.62. The quantitative estimate of drug-likeness (QED) is 0.539. The lowest BCUT2D eigenvalue weighted by Crippen LogP contribution is -2.20. The van der Waals surface area contributed by atoms with E-state index in [2.05, 4.69) is 10.3 Å². The number of rotatable bonds is 5. The molecule has 1 aliphatic heterocycles. The molecule has 1 aliphatic rings. The molecular formula is C19H13FN2O4S. The van der Waals surface area contributed by atoms with Crippen LogP contribution in [0.1, 0.15) is 5.56 Å². The number of amides is 1. The van der Waals surface area contributed by atoms with Crippen LogP contribution in [0.2, 0.25) is 0 Å². The average molecular weight is 384 g/mol. The molecule has 4 rings (SSSR count). The Kier molecular flexibility index (Phi) is 4.55. The second kappa shape index (κ2) is 7.16. The van der Waals surface area contributed by atoms with Gasteiger partial charge in [0.2, 0.25) is 0 Å². The van der Waals surface area contributed by atoms with Crippen molar-refractivity contribution in [3.63, 3.8) is 0 Å². The third kappa shape index (κ3) is 3.80. The van der Waals surface area contributed by atoms with E-state index in [0.29, 0.717) is 22.3 Å². The van der Waals surface area contributed by atoms with E-state index in [1.165, 1.54) is 23.5 Å². The van der Waals surface area contributed by atoms with Crippen molar-refractivity contribution in [1.82, 2.24) is 4.98 Å². The number of carbonyl (C=O) groups is 2. The molecule has 1 amide bonds. The first-order chi connectivity index (χ1) is 13.1. The summed E-state index contributed by atoms with van der Waals surface area (Å²) in [6.07, 6.45) is 0.198. The molecule has 0 unspecified atom stereocenters. The molecule has 1 N–H and O–H groups in total. The second-order valence-corrected chi connectivity index (χ2v) is 6.63. The Bertz CT molecular complexity index is 1020. The maximum absolute atomic E-state index is 13.0. The van der Waals surface area contributed by atoms with Gasteiger partial charge in [0.05, 0.1) is 12.1 Å². The predicted molar refractivity (Wildman–Crippen MR) is 97.4 cm³/mol. The average Bonchev–Trinajstić information content (AvgIpc) is 3.26. The molecule has 136 valence electrons. The minimum atomic E-state index is -0.392. The lowest BCUT2D eigenvalue weighted by molar-refractivity contribution is -0.131. The zero-order valence-corrected chi connectivity index (χ0v) is 14.7. The molecule has 0 bridgehead atoms. The van der Waals surface area contributed by atoms with Gasteiger partial charge in [0, 0.05) is 16.5 Å². The van der Waals surface area contributed by atoms with Gasteiger partial charge >= 0.3 is 5.97 Å². The van der Waals surface area contributed by atoms with E-state index in [1.807, 2.05) is 0 Å². The van der Waals surface area contributed by atoms with Gasteiger partial charge in [-0.2, -0.15) is 0 Å². The topological polar surface area (TPSA) is 77.5 Å². The lowest BCUT2D eigenvalue weighted by Gasteiger charge is -2.08. The maximum Gasteiger partial charge on any atom is 0.315 e. The molecule has 0 saturated carbocycles. The molecule has 2 heterocycles. The zero-order valence-electron chi connectivity index (χ0n) is 13.9. The summed E-state index contributed by atoms with van der Waals surface area (Å²) in [5, 5.41) is 4.83. The number of esters is 1. The first kappa shape index (κ1) is 17.2. The van der Waals surface area contributed by atoms with Gasteiger partial charge in [-0.15, -0.1) is 11.3 Å². The molecule has 2 aromatic carbocycles. The van der Waals surface area contributed by atoms with Crippen molar-refractivity contribution >= 4 is 28.3 Å². The van der Waals surface area contributed by atoms with Crippen molar-refractivity contribution in [3.8, 4) is 22.8 Å². The smallest absolute Gasteiger partial charge is 0.315 e. The number of fused-ring (bicyclic) bond motifs is 1. The van der Waals surface area contributed by atoms with Crippen LogP contribution >= 0.6 is 11.3 Å². The Morgan fingerprint density at radius 1 is 1.26 bits per heavy atom. The first-order valence-corrected chi connectivity index (χ1v) is 8.93. The van der Waals surface area contributed by atoms with Crippen molar-refractivity contribution < 1.29 is 23.5 Å². The summed E-state index contributed by atoms with van der Waals surface area (Å²) >= 11 is 1.26. The van der Waals surface area contributed by atoms with Crippen molar-refractivity contribution in [1.29, 1.82) is 0 Å². The number of halogens is 1. The fourth-order valence-corrected chi connectivity index (χ4v) is 3.35. The van der Waals surface area contributed by atoms with Crippen LogP contribution in [0.25, 0.3) is 11.3 Å². The van der Waals surface area contributed by atoms with Gasteiger partial charge in [-0.3, -0.25) is 14.9 Å². The molecule has 0 atom stereocenters. The monoisotopic (exact) mass is 384 g/mol. The molecule has 0 spiro atoms. The van der Waals surface area contributed by atoms with Crippen LogP contribution in [0, 0.1) is 5.82 Å². The molecule has 6 nitrogen and oxygen atoms in total. The van der Waals surface area contributed by atoms with E-state index in [9.17, 15) is 14.0 Å². The number of carbonyl (C=O) groups excluding carboxylic acids is 2. The molecule has 0 aliphatic carbocycles. The zero-order chi connectivity index (χ0) is 18.8. The fraction of sp³-hybridized carbons (Fsp3) is 0.105. The van der Waals surface area contributed by atoms with E-state index in [0.717, 1.165) is 11.1 Å². The number of nitrogens with zero attached hydrogens (tertiary/aromatic N) is 1. The Balaban J connectivity index is 1.38. The Labute approximate surface area is 157 Å². The van der Waals surface area contributed by atoms with E-state index in [-0.39, 0.29) is 24.8 Å². The van der Waals surface area contributed by atoms with Gasteiger partial charge in [-0.25, -0.2) is 9.37 Å². The Morgan fingerprint density at radius 3 is 2.89 bits per heavy atom. The molecule has 0 fully saturated rings.